The summed E-state index contributed by atoms with van der Waals surface area (Å²) in [5.74, 6) is -0.879. The number of piperidine rings is 2. The van der Waals surface area contributed by atoms with Crippen LogP contribution < -0.4 is 11.1 Å². The third kappa shape index (κ3) is 9.88. The number of nitrogens with one attached hydrogen (secondary N) is 2. The van der Waals surface area contributed by atoms with Crippen molar-refractivity contribution in [2.75, 3.05) is 26.2 Å². The number of carboxylic acid groups (broad SMARTS) is 1. The molecule has 1 saturated carbocycles. The summed E-state index contributed by atoms with van der Waals surface area (Å²) in [7, 11) is 0. The molecule has 5 N–H and O–H groups in total. The topological polar surface area (TPSA) is 132 Å². The van der Waals surface area contributed by atoms with E-state index in [4.69, 9.17) is 15.9 Å². The first-order valence-electron chi connectivity index (χ1n) is 13.1. The molecule has 210 valence electrons. The fourth-order valence-electron chi connectivity index (χ4n) is 5.94. The van der Waals surface area contributed by atoms with Gasteiger partial charge in [0, 0.05) is 38.3 Å². The Labute approximate surface area is 228 Å². The summed E-state index contributed by atoms with van der Waals surface area (Å²) in [5, 5.41) is 20.5. The van der Waals surface area contributed by atoms with Gasteiger partial charge in [-0.25, -0.2) is 0 Å². The van der Waals surface area contributed by atoms with Gasteiger partial charge in [0.05, 0.1) is 18.6 Å². The predicted octanol–water partition coefficient (Wildman–Crippen LogP) is 3.38. The summed E-state index contributed by atoms with van der Waals surface area (Å²) in [5.41, 5.74) is 5.79. The average Bonchev–Trinajstić information content (AvgIpc) is 2.78. The van der Waals surface area contributed by atoms with Crippen LogP contribution in [0.15, 0.2) is 0 Å². The van der Waals surface area contributed by atoms with Crippen molar-refractivity contribution in [2.45, 2.75) is 109 Å². The predicted molar refractivity (Wildman–Crippen MR) is 146 cm³/mol. The second kappa shape index (κ2) is 15.2. The molecule has 1 amide bonds. The minimum atomic E-state index is -0.935. The van der Waals surface area contributed by atoms with Crippen LogP contribution in [-0.4, -0.2) is 83.2 Å². The van der Waals surface area contributed by atoms with Crippen LogP contribution in [0.3, 0.4) is 0 Å². The molecule has 3 aliphatic rings. The van der Waals surface area contributed by atoms with E-state index in [9.17, 15) is 14.7 Å². The first-order chi connectivity index (χ1) is 16.1. The Morgan fingerprint density at radius 3 is 2.42 bits per heavy atom. The van der Waals surface area contributed by atoms with Gasteiger partial charge in [-0.2, -0.15) is 0 Å². The number of nitrogens with zero attached hydrogens (tertiary/aromatic N) is 2. The normalized spacial score (nSPS) is 25.3. The van der Waals surface area contributed by atoms with E-state index in [2.05, 4.69) is 19.2 Å². The van der Waals surface area contributed by atoms with Gasteiger partial charge in [-0.15, -0.1) is 24.8 Å². The lowest BCUT2D eigenvalue weighted by Gasteiger charge is -2.41. The molecular weight excluding hydrogens is 505 g/mol. The Morgan fingerprint density at radius 2 is 1.81 bits per heavy atom. The van der Waals surface area contributed by atoms with Gasteiger partial charge in [0.15, 0.2) is 5.96 Å². The van der Waals surface area contributed by atoms with E-state index in [1.165, 1.54) is 6.42 Å². The van der Waals surface area contributed by atoms with Crippen LogP contribution in [-0.2, 0) is 14.3 Å². The second-order valence-electron chi connectivity index (χ2n) is 11.2. The fraction of sp³-hybridized carbons (Fsp3) is 0.880. The molecular formula is C25H47Cl2N5O4. The van der Waals surface area contributed by atoms with E-state index in [0.717, 1.165) is 70.9 Å². The SMILES string of the molecule is CC1(C)CCCC(N[C@@H](CC(=O)O)C(=O)N2CCCCC2CCOC2CCN(C(=N)N)CC2)C1.Cl.Cl. The number of carboxylic acids is 1. The molecule has 0 aromatic carbocycles. The first kappa shape index (κ1) is 32.7. The molecule has 11 heteroatoms. The number of guanidine groups is 1. The number of rotatable bonds is 9. The molecule has 36 heavy (non-hydrogen) atoms. The van der Waals surface area contributed by atoms with Crippen LogP contribution >= 0.6 is 24.8 Å². The molecule has 9 nitrogen and oxygen atoms in total. The number of likely N-dealkylation sites (tertiary alicyclic amines) is 2. The number of ether oxygens (including phenoxy) is 1. The minimum absolute atomic E-state index is 0. The number of nitrogens with two attached hydrogens (primary N) is 1. The highest BCUT2D eigenvalue weighted by atomic mass is 35.5. The quantitative estimate of drug-likeness (QED) is 0.255. The van der Waals surface area contributed by atoms with Crippen molar-refractivity contribution in [3.63, 3.8) is 0 Å². The van der Waals surface area contributed by atoms with Gasteiger partial charge >= 0.3 is 5.97 Å². The lowest BCUT2D eigenvalue weighted by Crippen LogP contribution is -2.55. The second-order valence-corrected chi connectivity index (χ2v) is 11.2. The summed E-state index contributed by atoms with van der Waals surface area (Å²) in [4.78, 5) is 29.0. The smallest absolute Gasteiger partial charge is 0.305 e. The van der Waals surface area contributed by atoms with Gasteiger partial charge in [-0.1, -0.05) is 20.3 Å². The maximum absolute atomic E-state index is 13.6. The van der Waals surface area contributed by atoms with Gasteiger partial charge in [-0.05, 0) is 63.2 Å². The molecule has 2 aliphatic heterocycles. The Bertz CT molecular complexity index is 719. The molecule has 0 bridgehead atoms. The van der Waals surface area contributed by atoms with Crippen LogP contribution in [0, 0.1) is 10.8 Å². The van der Waals surface area contributed by atoms with Crippen LogP contribution in [0.2, 0.25) is 0 Å². The van der Waals surface area contributed by atoms with Gasteiger partial charge < -0.3 is 30.7 Å². The van der Waals surface area contributed by atoms with Crippen molar-refractivity contribution in [1.29, 1.82) is 5.41 Å². The number of hydrogen-bond acceptors (Lipinski definition) is 5. The molecule has 0 spiro atoms. The van der Waals surface area contributed by atoms with Crippen molar-refractivity contribution in [1.82, 2.24) is 15.1 Å². The van der Waals surface area contributed by atoms with Crippen LogP contribution in [0.4, 0.5) is 0 Å². The number of carbonyl (C=O) groups excluding carboxylic acids is 1. The highest BCUT2D eigenvalue weighted by Gasteiger charge is 2.36. The Hall–Kier alpha value is -1.29. The third-order valence-electron chi connectivity index (χ3n) is 7.82. The fourth-order valence-corrected chi connectivity index (χ4v) is 5.94. The van der Waals surface area contributed by atoms with Crippen LogP contribution in [0.1, 0.15) is 84.5 Å². The zero-order valence-electron chi connectivity index (χ0n) is 21.9. The number of carbonyl (C=O) groups is 2. The maximum Gasteiger partial charge on any atom is 0.305 e. The minimum Gasteiger partial charge on any atom is -0.481 e. The van der Waals surface area contributed by atoms with E-state index in [1.54, 1.807) is 0 Å². The zero-order valence-corrected chi connectivity index (χ0v) is 23.5. The number of halogens is 2. The van der Waals surface area contributed by atoms with Gasteiger partial charge in [0.1, 0.15) is 0 Å². The molecule has 1 aliphatic carbocycles. The lowest BCUT2D eigenvalue weighted by atomic mass is 9.75. The summed E-state index contributed by atoms with van der Waals surface area (Å²) >= 11 is 0. The molecule has 2 unspecified atom stereocenters. The zero-order chi connectivity index (χ0) is 24.7. The first-order valence-corrected chi connectivity index (χ1v) is 13.1. The van der Waals surface area contributed by atoms with E-state index in [0.29, 0.717) is 13.2 Å². The number of aliphatic carboxylic acids is 1. The molecule has 3 rings (SSSR count). The van der Waals surface area contributed by atoms with E-state index in [-0.39, 0.29) is 66.7 Å². The molecule has 3 atom stereocenters. The van der Waals surface area contributed by atoms with Gasteiger partial charge in [0.25, 0.3) is 0 Å². The van der Waals surface area contributed by atoms with Gasteiger partial charge in [-0.3, -0.25) is 15.0 Å². The van der Waals surface area contributed by atoms with Crippen molar-refractivity contribution in [2.24, 2.45) is 11.1 Å². The molecule has 0 aromatic rings. The number of hydrogen-bond donors (Lipinski definition) is 4. The summed E-state index contributed by atoms with van der Waals surface area (Å²) < 4.78 is 6.13. The van der Waals surface area contributed by atoms with E-state index in [1.807, 2.05) is 9.80 Å². The Kier molecular flexibility index (Phi) is 13.8. The Balaban J connectivity index is 0.00000324. The summed E-state index contributed by atoms with van der Waals surface area (Å²) in [6.45, 7) is 7.27. The lowest BCUT2D eigenvalue weighted by molar-refractivity contribution is -0.145. The monoisotopic (exact) mass is 551 g/mol. The molecule has 2 heterocycles. The van der Waals surface area contributed by atoms with Crippen LogP contribution in [0.5, 0.6) is 0 Å². The highest BCUT2D eigenvalue weighted by Crippen LogP contribution is 2.35. The van der Waals surface area contributed by atoms with Crippen molar-refractivity contribution < 1.29 is 19.4 Å². The van der Waals surface area contributed by atoms with E-state index < -0.39 is 12.0 Å². The van der Waals surface area contributed by atoms with Crippen molar-refractivity contribution in [3.8, 4) is 0 Å². The Morgan fingerprint density at radius 1 is 1.11 bits per heavy atom. The van der Waals surface area contributed by atoms with E-state index >= 15 is 0 Å². The molecule has 0 aromatic heterocycles. The van der Waals surface area contributed by atoms with Crippen molar-refractivity contribution >= 4 is 42.7 Å². The third-order valence-corrected chi connectivity index (χ3v) is 7.82. The standard InChI is InChI=1S/C25H45N5O4.2ClH/c1-25(2)11-5-6-18(17-25)28-21(16-22(31)32)23(33)30-12-4-3-7-19(30)10-15-34-20-8-13-29(14-9-20)24(26)27;;/h18-21,28H,3-17H2,1-2H3,(H3,26,27)(H,31,32);2*1H/t18?,19?,21-;;/m0../s1. The average molecular weight is 553 g/mol. The maximum atomic E-state index is 13.6. The molecule has 0 radical (unpaired) electrons. The summed E-state index contributed by atoms with van der Waals surface area (Å²) in [6, 6.07) is -0.391. The molecule has 2 saturated heterocycles. The summed E-state index contributed by atoms with van der Waals surface area (Å²) in [6.07, 6.45) is 9.69. The number of amides is 1. The van der Waals surface area contributed by atoms with Crippen LogP contribution in [0.25, 0.3) is 0 Å². The van der Waals surface area contributed by atoms with Gasteiger partial charge in [0.2, 0.25) is 5.91 Å². The van der Waals surface area contributed by atoms with Crippen molar-refractivity contribution in [3.05, 3.63) is 0 Å². The highest BCUT2D eigenvalue weighted by molar-refractivity contribution is 5.86. The largest absolute Gasteiger partial charge is 0.481 e. The molecule has 3 fully saturated rings.